The van der Waals surface area contributed by atoms with E-state index >= 15 is 0 Å². The second-order valence-corrected chi connectivity index (χ2v) is 6.29. The molecule has 120 valence electrons. The van der Waals surface area contributed by atoms with E-state index in [4.69, 9.17) is 5.26 Å². The van der Waals surface area contributed by atoms with Crippen LogP contribution in [0.5, 0.6) is 0 Å². The van der Waals surface area contributed by atoms with Crippen LogP contribution in [0.25, 0.3) is 0 Å². The van der Waals surface area contributed by atoms with Crippen molar-refractivity contribution in [2.24, 2.45) is 0 Å². The van der Waals surface area contributed by atoms with Gasteiger partial charge in [0.05, 0.1) is 18.2 Å². The van der Waals surface area contributed by atoms with Crippen molar-refractivity contribution in [1.82, 2.24) is 15.2 Å². The molecule has 2 heterocycles. The molecule has 0 spiro atoms. The molecule has 0 radical (unpaired) electrons. The zero-order chi connectivity index (χ0) is 17.3. The van der Waals surface area contributed by atoms with E-state index in [1.807, 2.05) is 6.07 Å². The number of ketones is 1. The highest BCUT2D eigenvalue weighted by molar-refractivity contribution is 7.11. The van der Waals surface area contributed by atoms with E-state index in [-0.39, 0.29) is 11.6 Å². The zero-order valence-corrected chi connectivity index (χ0v) is 13.5. The van der Waals surface area contributed by atoms with Crippen LogP contribution in [0, 0.1) is 11.3 Å². The number of hydrogen-bond acceptors (Lipinski definition) is 6. The largest absolute Gasteiger partial charge is 0.325 e. The van der Waals surface area contributed by atoms with Gasteiger partial charge in [0.25, 0.3) is 5.91 Å². The second kappa shape index (κ2) is 5.86. The Balaban J connectivity index is 1.85. The van der Waals surface area contributed by atoms with Crippen molar-refractivity contribution in [3.05, 3.63) is 52.0 Å². The van der Waals surface area contributed by atoms with Gasteiger partial charge in [0.1, 0.15) is 5.54 Å². The fraction of sp³-hybridized carbons (Fsp3) is 0.188. The first kappa shape index (κ1) is 15.8. The van der Waals surface area contributed by atoms with Crippen LogP contribution >= 0.6 is 11.3 Å². The molecule has 3 rings (SSSR count). The lowest BCUT2D eigenvalue weighted by Crippen LogP contribution is -2.41. The molecule has 0 bridgehead atoms. The Morgan fingerprint density at radius 1 is 1.38 bits per heavy atom. The maximum atomic E-state index is 12.7. The van der Waals surface area contributed by atoms with Crippen LogP contribution in [0.15, 0.2) is 35.8 Å². The molecule has 1 saturated heterocycles. The number of Topliss-reactive ketones (excluding diaryl/α,β-unsaturated/α-hetero) is 1. The smallest absolute Gasteiger partial charge is 0.319 e. The third-order valence-corrected chi connectivity index (χ3v) is 4.65. The molecule has 1 fully saturated rings. The molecular weight excluding hydrogens is 328 g/mol. The molecule has 8 heteroatoms. The lowest BCUT2D eigenvalue weighted by atomic mass is 9.91. The molecule has 1 aromatic carbocycles. The third-order valence-electron chi connectivity index (χ3n) is 3.84. The molecule has 1 aliphatic rings. The van der Waals surface area contributed by atoms with Crippen molar-refractivity contribution < 1.29 is 14.4 Å². The molecule has 1 aromatic heterocycles. The van der Waals surface area contributed by atoms with Crippen LogP contribution in [-0.2, 0) is 10.3 Å². The summed E-state index contributed by atoms with van der Waals surface area (Å²) in [5.74, 6) is -0.903. The molecule has 1 atom stereocenters. The normalized spacial score (nSPS) is 19.9. The van der Waals surface area contributed by atoms with Gasteiger partial charge >= 0.3 is 6.03 Å². The van der Waals surface area contributed by atoms with E-state index in [9.17, 15) is 14.4 Å². The summed E-state index contributed by atoms with van der Waals surface area (Å²) in [6.45, 7) is 1.21. The van der Waals surface area contributed by atoms with E-state index in [0.717, 1.165) is 16.2 Å². The Kier molecular flexibility index (Phi) is 3.87. The van der Waals surface area contributed by atoms with Crippen LogP contribution in [0.4, 0.5) is 4.79 Å². The van der Waals surface area contributed by atoms with Crippen molar-refractivity contribution in [2.75, 3.05) is 6.54 Å². The molecule has 1 aliphatic heterocycles. The third kappa shape index (κ3) is 2.55. The molecule has 0 saturated carbocycles. The maximum Gasteiger partial charge on any atom is 0.325 e. The van der Waals surface area contributed by atoms with Crippen molar-refractivity contribution in [1.29, 1.82) is 5.26 Å². The summed E-state index contributed by atoms with van der Waals surface area (Å²) < 4.78 is 0. The number of carbonyl (C=O) groups excluding carboxylic acids is 3. The monoisotopic (exact) mass is 340 g/mol. The highest BCUT2D eigenvalue weighted by atomic mass is 32.1. The molecule has 24 heavy (non-hydrogen) atoms. The Morgan fingerprint density at radius 3 is 2.67 bits per heavy atom. The van der Waals surface area contributed by atoms with Crippen LogP contribution in [-0.4, -0.2) is 34.2 Å². The highest BCUT2D eigenvalue weighted by Gasteiger charge is 2.49. The minimum Gasteiger partial charge on any atom is -0.319 e. The van der Waals surface area contributed by atoms with Gasteiger partial charge in [-0.3, -0.25) is 14.5 Å². The molecule has 1 unspecified atom stereocenters. The van der Waals surface area contributed by atoms with Gasteiger partial charge in [-0.25, -0.2) is 9.78 Å². The molecule has 3 amide bonds. The quantitative estimate of drug-likeness (QED) is 0.673. The number of nitrogens with one attached hydrogen (secondary N) is 1. The number of nitrogens with zero attached hydrogens (tertiary/aromatic N) is 3. The van der Waals surface area contributed by atoms with Gasteiger partial charge in [0.2, 0.25) is 5.78 Å². The van der Waals surface area contributed by atoms with Gasteiger partial charge in [0.15, 0.2) is 5.01 Å². The van der Waals surface area contributed by atoms with Crippen LogP contribution < -0.4 is 5.32 Å². The number of thiazole rings is 1. The Labute approximate surface area is 141 Å². The highest BCUT2D eigenvalue weighted by Crippen LogP contribution is 2.29. The molecule has 1 N–H and O–H groups in total. The molecular formula is C16H12N4O3S. The van der Waals surface area contributed by atoms with Crippen LogP contribution in [0.1, 0.15) is 27.9 Å². The predicted octanol–water partition coefficient (Wildman–Crippen LogP) is 1.66. The number of carbonyl (C=O) groups is 3. The number of benzene rings is 1. The van der Waals surface area contributed by atoms with E-state index < -0.39 is 23.3 Å². The molecule has 0 aliphatic carbocycles. The van der Waals surface area contributed by atoms with Gasteiger partial charge in [-0.2, -0.15) is 5.26 Å². The van der Waals surface area contributed by atoms with E-state index in [1.54, 1.807) is 36.6 Å². The van der Waals surface area contributed by atoms with Crippen LogP contribution in [0.3, 0.4) is 0 Å². The minimum atomic E-state index is -1.27. The number of hydrogen-bond donors (Lipinski definition) is 1. The summed E-state index contributed by atoms with van der Waals surface area (Å²) in [6.07, 6.45) is 1.49. The van der Waals surface area contributed by atoms with Gasteiger partial charge in [-0.1, -0.05) is 12.1 Å². The molecule has 2 aromatic rings. The number of amides is 3. The average Bonchev–Trinajstić information content (AvgIpc) is 3.19. The van der Waals surface area contributed by atoms with E-state index in [2.05, 4.69) is 10.3 Å². The van der Waals surface area contributed by atoms with E-state index in [0.29, 0.717) is 11.1 Å². The summed E-state index contributed by atoms with van der Waals surface area (Å²) in [5, 5.41) is 13.4. The number of rotatable bonds is 4. The first-order valence-electron chi connectivity index (χ1n) is 7.03. The predicted molar refractivity (Wildman–Crippen MR) is 85.2 cm³/mol. The minimum absolute atomic E-state index is 0.252. The molecule has 7 nitrogen and oxygen atoms in total. The summed E-state index contributed by atoms with van der Waals surface area (Å²) in [4.78, 5) is 41.8. The Hall–Kier alpha value is -3.05. The summed E-state index contributed by atoms with van der Waals surface area (Å²) in [6, 6.07) is 7.74. The zero-order valence-electron chi connectivity index (χ0n) is 12.6. The maximum absolute atomic E-state index is 12.7. The SMILES string of the molecule is CC1(c2ccc(C#N)cc2)NC(=O)N(CC(=O)c2nccs2)C1=O. The summed E-state index contributed by atoms with van der Waals surface area (Å²) in [7, 11) is 0. The first-order valence-corrected chi connectivity index (χ1v) is 7.91. The summed E-state index contributed by atoms with van der Waals surface area (Å²) >= 11 is 1.16. The lowest BCUT2D eigenvalue weighted by Gasteiger charge is -2.22. The fourth-order valence-electron chi connectivity index (χ4n) is 2.49. The lowest BCUT2D eigenvalue weighted by molar-refractivity contribution is -0.130. The van der Waals surface area contributed by atoms with Gasteiger partial charge in [-0.15, -0.1) is 11.3 Å². The van der Waals surface area contributed by atoms with Crippen molar-refractivity contribution in [3.8, 4) is 6.07 Å². The van der Waals surface area contributed by atoms with Gasteiger partial charge in [-0.05, 0) is 24.6 Å². The fourth-order valence-corrected chi connectivity index (χ4v) is 3.06. The average molecular weight is 340 g/mol. The number of aromatic nitrogens is 1. The Morgan fingerprint density at radius 2 is 2.08 bits per heavy atom. The number of urea groups is 1. The van der Waals surface area contributed by atoms with Crippen LogP contribution in [0.2, 0.25) is 0 Å². The number of imide groups is 1. The van der Waals surface area contributed by atoms with Gasteiger partial charge in [0, 0.05) is 11.6 Å². The number of nitriles is 1. The first-order chi connectivity index (χ1) is 11.5. The van der Waals surface area contributed by atoms with Crippen molar-refractivity contribution in [2.45, 2.75) is 12.5 Å². The van der Waals surface area contributed by atoms with Crippen molar-refractivity contribution >= 4 is 29.1 Å². The van der Waals surface area contributed by atoms with E-state index in [1.165, 1.54) is 6.20 Å². The summed E-state index contributed by atoms with van der Waals surface area (Å²) in [5.41, 5.74) is -0.271. The topological polar surface area (TPSA) is 103 Å². The second-order valence-electron chi connectivity index (χ2n) is 5.40. The standard InChI is InChI=1S/C16H12N4O3S/c1-16(11-4-2-10(8-17)3-5-11)14(22)20(15(23)19-16)9-12(21)13-18-6-7-24-13/h2-7H,9H2,1H3,(H,19,23). The van der Waals surface area contributed by atoms with Gasteiger partial charge < -0.3 is 5.32 Å². The van der Waals surface area contributed by atoms with Crippen molar-refractivity contribution in [3.63, 3.8) is 0 Å². The Bertz CT molecular complexity index is 854.